The number of urea groups is 1. The van der Waals surface area contributed by atoms with Crippen LogP contribution in [-0.2, 0) is 14.3 Å². The van der Waals surface area contributed by atoms with E-state index in [1.165, 1.54) is 19.5 Å². The Balaban J connectivity index is 4.64. The third kappa shape index (κ3) is 5.12. The summed E-state index contributed by atoms with van der Waals surface area (Å²) in [5, 5.41) is 10.1. The SMILES string of the molecule is COC(=O)CCCN(C)C(=O)NC(C)(C(=O)O)C(F)(F)F. The first-order valence-electron chi connectivity index (χ1n) is 5.86. The number of carbonyl (C=O) groups is 3. The molecule has 1 unspecified atom stereocenters. The van der Waals surface area contributed by atoms with Crippen LogP contribution < -0.4 is 5.32 Å². The highest BCUT2D eigenvalue weighted by atomic mass is 19.4. The average molecular weight is 314 g/mol. The molecule has 0 fully saturated rings. The van der Waals surface area contributed by atoms with Crippen molar-refractivity contribution in [3.63, 3.8) is 0 Å². The first-order chi connectivity index (χ1) is 9.45. The summed E-state index contributed by atoms with van der Waals surface area (Å²) < 4.78 is 42.5. The number of nitrogens with zero attached hydrogens (tertiary/aromatic N) is 1. The standard InChI is InChI=1S/C11H17F3N2O5/c1-10(8(18)19,11(12,13)14)15-9(20)16(2)6-4-5-7(17)21-3/h4-6H2,1-3H3,(H,15,20)(H,18,19). The Bertz CT molecular complexity index is 413. The molecular formula is C11H17F3N2O5. The molecule has 0 aliphatic rings. The van der Waals surface area contributed by atoms with Crippen molar-refractivity contribution in [2.75, 3.05) is 20.7 Å². The molecule has 0 bridgehead atoms. The van der Waals surface area contributed by atoms with Crippen molar-refractivity contribution in [1.29, 1.82) is 0 Å². The molecule has 0 saturated heterocycles. The van der Waals surface area contributed by atoms with E-state index >= 15 is 0 Å². The Morgan fingerprint density at radius 1 is 1.29 bits per heavy atom. The maximum Gasteiger partial charge on any atom is 0.422 e. The number of amides is 2. The van der Waals surface area contributed by atoms with Gasteiger partial charge in [0.15, 0.2) is 0 Å². The molecule has 0 aromatic rings. The molecule has 0 aliphatic heterocycles. The zero-order chi connectivity index (χ0) is 16.8. The minimum absolute atomic E-state index is 0.0103. The second-order valence-electron chi connectivity index (χ2n) is 4.46. The quantitative estimate of drug-likeness (QED) is 0.713. The summed E-state index contributed by atoms with van der Waals surface area (Å²) in [6.45, 7) is 0.323. The second-order valence-corrected chi connectivity index (χ2v) is 4.46. The predicted molar refractivity (Wildman–Crippen MR) is 64.5 cm³/mol. The van der Waals surface area contributed by atoms with Crippen LogP contribution in [0.5, 0.6) is 0 Å². The number of aliphatic carboxylic acids is 1. The third-order valence-corrected chi connectivity index (χ3v) is 2.80. The van der Waals surface area contributed by atoms with Gasteiger partial charge in [0.25, 0.3) is 0 Å². The van der Waals surface area contributed by atoms with Gasteiger partial charge in [-0.2, -0.15) is 13.2 Å². The average Bonchev–Trinajstić information content (AvgIpc) is 2.36. The smallest absolute Gasteiger partial charge is 0.422 e. The lowest BCUT2D eigenvalue weighted by Gasteiger charge is -2.30. The van der Waals surface area contributed by atoms with E-state index in [2.05, 4.69) is 4.74 Å². The molecule has 1 atom stereocenters. The number of methoxy groups -OCH3 is 1. The van der Waals surface area contributed by atoms with Crippen LogP contribution in [0.3, 0.4) is 0 Å². The number of halogens is 3. The topological polar surface area (TPSA) is 95.9 Å². The third-order valence-electron chi connectivity index (χ3n) is 2.80. The summed E-state index contributed by atoms with van der Waals surface area (Å²) in [6.07, 6.45) is -4.99. The molecule has 0 aliphatic carbocycles. The van der Waals surface area contributed by atoms with Crippen molar-refractivity contribution in [2.24, 2.45) is 0 Å². The summed E-state index contributed by atoms with van der Waals surface area (Å²) in [6, 6.07) is -1.21. The molecule has 2 N–H and O–H groups in total. The van der Waals surface area contributed by atoms with Crippen molar-refractivity contribution < 1.29 is 37.4 Å². The molecule has 0 aromatic heterocycles. The number of esters is 1. The van der Waals surface area contributed by atoms with E-state index in [0.717, 1.165) is 4.90 Å². The van der Waals surface area contributed by atoms with Crippen molar-refractivity contribution in [1.82, 2.24) is 10.2 Å². The molecule has 0 aromatic carbocycles. The Hall–Kier alpha value is -2.00. The molecule has 0 saturated carbocycles. The first-order valence-corrected chi connectivity index (χ1v) is 5.86. The van der Waals surface area contributed by atoms with Crippen LogP contribution >= 0.6 is 0 Å². The number of hydrogen-bond donors (Lipinski definition) is 2. The number of rotatable bonds is 6. The van der Waals surface area contributed by atoms with Gasteiger partial charge in [-0.25, -0.2) is 9.59 Å². The normalized spacial score (nSPS) is 14.0. The van der Waals surface area contributed by atoms with E-state index in [1.54, 1.807) is 0 Å². The van der Waals surface area contributed by atoms with Crippen LogP contribution in [0, 0.1) is 0 Å². The number of alkyl halides is 3. The van der Waals surface area contributed by atoms with Crippen LogP contribution in [0.1, 0.15) is 19.8 Å². The summed E-state index contributed by atoms with van der Waals surface area (Å²) in [7, 11) is 2.37. The fraction of sp³-hybridized carbons (Fsp3) is 0.727. The van der Waals surface area contributed by atoms with E-state index in [4.69, 9.17) is 5.11 Å². The molecule has 122 valence electrons. The lowest BCUT2D eigenvalue weighted by Crippen LogP contribution is -2.63. The van der Waals surface area contributed by atoms with E-state index < -0.39 is 29.7 Å². The largest absolute Gasteiger partial charge is 0.479 e. The zero-order valence-electron chi connectivity index (χ0n) is 11.8. The van der Waals surface area contributed by atoms with E-state index in [9.17, 15) is 27.6 Å². The fourth-order valence-corrected chi connectivity index (χ4v) is 1.22. The molecule has 10 heteroatoms. The van der Waals surface area contributed by atoms with Gasteiger partial charge in [-0.3, -0.25) is 4.79 Å². The maximum absolute atomic E-state index is 12.7. The molecule has 21 heavy (non-hydrogen) atoms. The lowest BCUT2D eigenvalue weighted by molar-refractivity contribution is -0.203. The van der Waals surface area contributed by atoms with Crippen LogP contribution in [0.2, 0.25) is 0 Å². The van der Waals surface area contributed by atoms with Gasteiger partial charge in [-0.1, -0.05) is 0 Å². The van der Waals surface area contributed by atoms with Crippen LogP contribution in [-0.4, -0.2) is 60.4 Å². The Kier molecular flexibility index (Phi) is 6.46. The number of carboxylic acids is 1. The van der Waals surface area contributed by atoms with Crippen LogP contribution in [0.4, 0.5) is 18.0 Å². The molecular weight excluding hydrogens is 297 g/mol. The summed E-state index contributed by atoms with van der Waals surface area (Å²) in [4.78, 5) is 34.0. The van der Waals surface area contributed by atoms with Gasteiger partial charge in [0, 0.05) is 20.0 Å². The lowest BCUT2D eigenvalue weighted by atomic mass is 10.0. The van der Waals surface area contributed by atoms with Crippen molar-refractivity contribution in [2.45, 2.75) is 31.5 Å². The highest BCUT2D eigenvalue weighted by Gasteiger charge is 2.58. The molecule has 0 heterocycles. The zero-order valence-corrected chi connectivity index (χ0v) is 11.8. The van der Waals surface area contributed by atoms with Gasteiger partial charge >= 0.3 is 24.1 Å². The summed E-state index contributed by atoms with van der Waals surface area (Å²) >= 11 is 0. The van der Waals surface area contributed by atoms with E-state index in [-0.39, 0.29) is 19.4 Å². The number of hydrogen-bond acceptors (Lipinski definition) is 4. The van der Waals surface area contributed by atoms with Gasteiger partial charge < -0.3 is 20.1 Å². The fourth-order valence-electron chi connectivity index (χ4n) is 1.22. The Labute approximate surface area is 119 Å². The first kappa shape index (κ1) is 19.0. The minimum atomic E-state index is -5.15. The highest BCUT2D eigenvalue weighted by Crippen LogP contribution is 2.30. The van der Waals surface area contributed by atoms with Crippen LogP contribution in [0.15, 0.2) is 0 Å². The van der Waals surface area contributed by atoms with Crippen molar-refractivity contribution in [3.8, 4) is 0 Å². The van der Waals surface area contributed by atoms with Crippen molar-refractivity contribution >= 4 is 18.0 Å². The summed E-state index contributed by atoms with van der Waals surface area (Å²) in [5.74, 6) is -2.74. The second kappa shape index (κ2) is 7.14. The van der Waals surface area contributed by atoms with Gasteiger partial charge in [0.05, 0.1) is 7.11 Å². The Morgan fingerprint density at radius 2 is 1.81 bits per heavy atom. The highest BCUT2D eigenvalue weighted by molar-refractivity contribution is 5.86. The van der Waals surface area contributed by atoms with Crippen molar-refractivity contribution in [3.05, 3.63) is 0 Å². The predicted octanol–water partition coefficient (Wildman–Crippen LogP) is 0.987. The van der Waals surface area contributed by atoms with Gasteiger partial charge in [0.1, 0.15) is 0 Å². The Morgan fingerprint density at radius 3 is 2.19 bits per heavy atom. The maximum atomic E-state index is 12.7. The van der Waals surface area contributed by atoms with Gasteiger partial charge in [-0.15, -0.1) is 0 Å². The number of carboxylic acid groups (broad SMARTS) is 1. The van der Waals surface area contributed by atoms with E-state index in [1.807, 2.05) is 0 Å². The molecule has 2 amide bonds. The molecule has 0 spiro atoms. The summed E-state index contributed by atoms with van der Waals surface area (Å²) in [5.41, 5.74) is -3.39. The number of ether oxygens (including phenoxy) is 1. The number of carbonyl (C=O) groups excluding carboxylic acids is 2. The number of nitrogens with one attached hydrogen (secondary N) is 1. The van der Waals surface area contributed by atoms with E-state index in [0.29, 0.717) is 6.92 Å². The van der Waals surface area contributed by atoms with Gasteiger partial charge in [0.2, 0.25) is 5.54 Å². The van der Waals surface area contributed by atoms with Crippen LogP contribution in [0.25, 0.3) is 0 Å². The van der Waals surface area contributed by atoms with Gasteiger partial charge in [-0.05, 0) is 13.3 Å². The molecule has 7 nitrogen and oxygen atoms in total. The monoisotopic (exact) mass is 314 g/mol. The molecule has 0 radical (unpaired) electrons. The molecule has 0 rings (SSSR count). The minimum Gasteiger partial charge on any atom is -0.479 e.